The molecule has 0 radical (unpaired) electrons. The summed E-state index contributed by atoms with van der Waals surface area (Å²) in [4.78, 5) is 31.1. The minimum atomic E-state index is -1.01. The van der Waals surface area contributed by atoms with Crippen LogP contribution in [0.4, 0.5) is 5.69 Å². The first kappa shape index (κ1) is 27.7. The Morgan fingerprint density at radius 1 is 1.05 bits per heavy atom. The number of rotatable bonds is 6. The maximum atomic E-state index is 13.0. The first-order chi connectivity index (χ1) is 18.7. The van der Waals surface area contributed by atoms with Crippen molar-refractivity contribution in [3.63, 3.8) is 0 Å². The third kappa shape index (κ3) is 5.85. The molecule has 1 aliphatic heterocycles. The monoisotopic (exact) mass is 760 g/mol. The second kappa shape index (κ2) is 11.7. The number of carboxylic acids is 1. The van der Waals surface area contributed by atoms with E-state index in [2.05, 4.69) is 74.4 Å². The van der Waals surface area contributed by atoms with Gasteiger partial charge in [-0.3, -0.25) is 9.69 Å². The normalized spacial score (nSPS) is 15.5. The van der Waals surface area contributed by atoms with E-state index in [1.54, 1.807) is 32.2 Å². The molecule has 1 aliphatic rings. The topological polar surface area (TPSA) is 79.2 Å². The van der Waals surface area contributed by atoms with Gasteiger partial charge in [-0.25, -0.2) is 9.79 Å². The van der Waals surface area contributed by atoms with Crippen LogP contribution in [0.1, 0.15) is 27.0 Å². The highest BCUT2D eigenvalue weighted by atomic mass is 127. The molecule has 1 saturated heterocycles. The van der Waals surface area contributed by atoms with Crippen molar-refractivity contribution in [3.8, 4) is 5.75 Å². The number of likely N-dealkylation sites (N-methyl/N-ethyl adjacent to an activating group) is 1. The molecule has 39 heavy (non-hydrogen) atoms. The Labute approximate surface area is 257 Å². The van der Waals surface area contributed by atoms with Gasteiger partial charge in [0.2, 0.25) is 0 Å². The van der Waals surface area contributed by atoms with E-state index >= 15 is 0 Å². The van der Waals surface area contributed by atoms with Crippen molar-refractivity contribution in [3.05, 3.63) is 107 Å². The first-order valence-electron chi connectivity index (χ1n) is 11.9. The Morgan fingerprint density at radius 2 is 1.74 bits per heavy atom. The summed E-state index contributed by atoms with van der Waals surface area (Å²) >= 11 is 5.80. The summed E-state index contributed by atoms with van der Waals surface area (Å²) in [7, 11) is 1.67. The summed E-state index contributed by atoms with van der Waals surface area (Å²) in [6, 6.07) is 23.4. The highest BCUT2D eigenvalue weighted by Crippen LogP contribution is 2.36. The van der Waals surface area contributed by atoms with E-state index in [9.17, 15) is 14.7 Å². The summed E-state index contributed by atoms with van der Waals surface area (Å²) in [5.74, 6) is -0.357. The number of carbonyl (C=O) groups excluding carboxylic acids is 1. The lowest BCUT2D eigenvalue weighted by Gasteiger charge is -2.13. The van der Waals surface area contributed by atoms with E-state index in [4.69, 9.17) is 4.74 Å². The predicted molar refractivity (Wildman–Crippen MR) is 174 cm³/mol. The van der Waals surface area contributed by atoms with Crippen molar-refractivity contribution in [2.24, 2.45) is 4.99 Å². The van der Waals surface area contributed by atoms with Crippen LogP contribution in [0.15, 0.2) is 82.7 Å². The van der Waals surface area contributed by atoms with Gasteiger partial charge in [0, 0.05) is 7.05 Å². The number of fused-ring (bicyclic) bond motifs is 1. The molecule has 196 valence electrons. The molecule has 4 aromatic carbocycles. The number of nitrogens with zero attached hydrogens (tertiary/aromatic N) is 2. The number of hydrogen-bond donors (Lipinski definition) is 1. The van der Waals surface area contributed by atoms with Gasteiger partial charge >= 0.3 is 5.97 Å². The largest absolute Gasteiger partial charge is 0.487 e. The van der Waals surface area contributed by atoms with E-state index in [1.165, 1.54) is 27.4 Å². The minimum absolute atomic E-state index is 0.160. The van der Waals surface area contributed by atoms with Crippen LogP contribution in [0, 0.1) is 14.1 Å². The lowest BCUT2D eigenvalue weighted by Crippen LogP contribution is -2.23. The van der Waals surface area contributed by atoms with E-state index in [1.807, 2.05) is 36.4 Å². The molecule has 1 amide bonds. The van der Waals surface area contributed by atoms with Crippen molar-refractivity contribution < 1.29 is 19.4 Å². The fourth-order valence-corrected chi connectivity index (χ4v) is 7.36. The fourth-order valence-electron chi connectivity index (χ4n) is 4.25. The molecule has 0 saturated carbocycles. The molecule has 1 fully saturated rings. The summed E-state index contributed by atoms with van der Waals surface area (Å²) in [5, 5.41) is 12.3. The van der Waals surface area contributed by atoms with Crippen LogP contribution in [-0.2, 0) is 11.4 Å². The average molecular weight is 760 g/mol. The van der Waals surface area contributed by atoms with Crippen molar-refractivity contribution in [2.45, 2.75) is 13.5 Å². The third-order valence-corrected chi connectivity index (χ3v) is 8.99. The Hall–Kier alpha value is -2.90. The van der Waals surface area contributed by atoms with Gasteiger partial charge in [-0.05, 0) is 122 Å². The van der Waals surface area contributed by atoms with Crippen LogP contribution < -0.4 is 4.74 Å². The number of aromatic carboxylic acids is 1. The zero-order valence-corrected chi connectivity index (χ0v) is 26.1. The first-order valence-corrected chi connectivity index (χ1v) is 14.9. The lowest BCUT2D eigenvalue weighted by molar-refractivity contribution is -0.121. The highest BCUT2D eigenvalue weighted by Gasteiger charge is 2.30. The maximum Gasteiger partial charge on any atom is 0.336 e. The molecule has 9 heteroatoms. The number of hydrogen-bond acceptors (Lipinski definition) is 5. The second-order valence-corrected chi connectivity index (χ2v) is 12.2. The smallest absolute Gasteiger partial charge is 0.336 e. The van der Waals surface area contributed by atoms with Gasteiger partial charge in [0.1, 0.15) is 12.4 Å². The predicted octanol–water partition coefficient (Wildman–Crippen LogP) is 7.87. The number of amides is 1. The Balaban J connectivity index is 1.38. The van der Waals surface area contributed by atoms with Crippen molar-refractivity contribution in [2.75, 3.05) is 7.05 Å². The number of benzene rings is 4. The van der Waals surface area contributed by atoms with E-state index in [0.717, 1.165) is 24.0 Å². The SMILES string of the molecule is Cc1c(N=C2S/C(=C\c3cc(I)c(OCc4cccc5ccccc45)c(I)c3)C(=O)N2C)cccc1C(=O)O. The Kier molecular flexibility index (Phi) is 8.29. The van der Waals surface area contributed by atoms with E-state index < -0.39 is 5.97 Å². The average Bonchev–Trinajstić information content (AvgIpc) is 3.16. The zero-order chi connectivity index (χ0) is 27.7. The van der Waals surface area contributed by atoms with Crippen molar-refractivity contribution in [1.29, 1.82) is 0 Å². The number of thioether (sulfide) groups is 1. The second-order valence-electron chi connectivity index (χ2n) is 8.86. The number of aliphatic imine (C=N–C) groups is 1. The number of halogens is 2. The molecule has 1 N–H and O–H groups in total. The van der Waals surface area contributed by atoms with Gasteiger partial charge in [0.15, 0.2) is 5.17 Å². The molecule has 6 nitrogen and oxygen atoms in total. The highest BCUT2D eigenvalue weighted by molar-refractivity contribution is 14.1. The van der Waals surface area contributed by atoms with Crippen molar-refractivity contribution >= 4 is 96.5 Å². The number of amidine groups is 1. The molecule has 0 aliphatic carbocycles. The van der Waals surface area contributed by atoms with E-state index in [-0.39, 0.29) is 11.5 Å². The van der Waals surface area contributed by atoms with Crippen LogP contribution >= 0.6 is 56.9 Å². The van der Waals surface area contributed by atoms with Crippen LogP contribution in [0.5, 0.6) is 5.75 Å². The minimum Gasteiger partial charge on any atom is -0.487 e. The standard InChI is InChI=1S/C30H22I2N2O4S/c1-17-21(29(36)37)11-6-12-25(17)33-30-34(2)28(35)26(39-30)15-18-13-23(31)27(24(32)14-18)38-16-20-9-5-8-19-7-3-4-10-22(19)20/h3-15H,16H2,1-2H3,(H,36,37)/b26-15-,33-30?. The summed E-state index contributed by atoms with van der Waals surface area (Å²) in [6.07, 6.45) is 1.85. The van der Waals surface area contributed by atoms with Crippen LogP contribution in [0.25, 0.3) is 16.8 Å². The van der Waals surface area contributed by atoms with Crippen LogP contribution in [0.2, 0.25) is 0 Å². The Morgan fingerprint density at radius 3 is 2.49 bits per heavy atom. The third-order valence-electron chi connectivity index (χ3n) is 6.33. The van der Waals surface area contributed by atoms with Crippen LogP contribution in [0.3, 0.4) is 0 Å². The molecule has 0 spiro atoms. The molecule has 0 unspecified atom stereocenters. The molecular formula is C30H22I2N2O4S. The summed E-state index contributed by atoms with van der Waals surface area (Å²) in [6.45, 7) is 2.17. The van der Waals surface area contributed by atoms with Gasteiger partial charge in [0.25, 0.3) is 5.91 Å². The fraction of sp³-hybridized carbons (Fsp3) is 0.100. The Bertz CT molecular complexity index is 1670. The number of ether oxygens (including phenoxy) is 1. The van der Waals surface area contributed by atoms with Gasteiger partial charge in [-0.15, -0.1) is 0 Å². The van der Waals surface area contributed by atoms with E-state index in [0.29, 0.717) is 27.9 Å². The molecular weight excluding hydrogens is 738 g/mol. The summed E-state index contributed by atoms with van der Waals surface area (Å²) < 4.78 is 8.17. The van der Waals surface area contributed by atoms with Gasteiger partial charge < -0.3 is 9.84 Å². The van der Waals surface area contributed by atoms with Crippen LogP contribution in [-0.4, -0.2) is 34.1 Å². The molecule has 0 atom stereocenters. The molecule has 4 aromatic rings. The maximum absolute atomic E-state index is 13.0. The zero-order valence-electron chi connectivity index (χ0n) is 20.9. The van der Waals surface area contributed by atoms with Gasteiger partial charge in [0.05, 0.1) is 23.3 Å². The molecule has 1 heterocycles. The number of carbonyl (C=O) groups is 2. The number of carboxylic acid groups (broad SMARTS) is 1. The quantitative estimate of drug-likeness (QED) is 0.160. The molecule has 0 aromatic heterocycles. The van der Waals surface area contributed by atoms with Gasteiger partial charge in [-0.2, -0.15) is 0 Å². The van der Waals surface area contributed by atoms with Crippen molar-refractivity contribution in [1.82, 2.24) is 4.90 Å². The lowest BCUT2D eigenvalue weighted by atomic mass is 10.1. The summed E-state index contributed by atoms with van der Waals surface area (Å²) in [5.41, 5.74) is 3.28. The van der Waals surface area contributed by atoms with Gasteiger partial charge in [-0.1, -0.05) is 48.5 Å². The molecule has 5 rings (SSSR count). The molecule has 0 bridgehead atoms.